The van der Waals surface area contributed by atoms with Gasteiger partial charge in [0.1, 0.15) is 6.04 Å². The molecule has 24 heavy (non-hydrogen) atoms. The van der Waals surface area contributed by atoms with Gasteiger partial charge in [-0.25, -0.2) is 0 Å². The van der Waals surface area contributed by atoms with Crippen LogP contribution in [0.15, 0.2) is 65.6 Å². The van der Waals surface area contributed by atoms with Crippen molar-refractivity contribution in [3.63, 3.8) is 0 Å². The minimum atomic E-state index is -0.515. The standard InChI is InChI=1S/C19H22N2O2S/c1-15(19(23)20-2)21(13-16-9-5-3-6-10-16)18(22)14-24-17-11-7-4-8-12-17/h3-12,15H,13-14H2,1-2H3,(H,20,23)/t15-/m1/s1. The summed E-state index contributed by atoms with van der Waals surface area (Å²) < 4.78 is 0. The van der Waals surface area contributed by atoms with Crippen LogP contribution in [0.25, 0.3) is 0 Å². The molecule has 0 bridgehead atoms. The highest BCUT2D eigenvalue weighted by Crippen LogP contribution is 2.19. The highest BCUT2D eigenvalue weighted by molar-refractivity contribution is 8.00. The number of hydrogen-bond donors (Lipinski definition) is 1. The van der Waals surface area contributed by atoms with Crippen molar-refractivity contribution in [2.45, 2.75) is 24.4 Å². The summed E-state index contributed by atoms with van der Waals surface area (Å²) in [4.78, 5) is 27.4. The Balaban J connectivity index is 2.08. The lowest BCUT2D eigenvalue weighted by molar-refractivity contribution is -0.138. The molecular formula is C19H22N2O2S. The average molecular weight is 342 g/mol. The normalized spacial score (nSPS) is 11.6. The van der Waals surface area contributed by atoms with Crippen molar-refractivity contribution < 1.29 is 9.59 Å². The predicted octanol–water partition coefficient (Wildman–Crippen LogP) is 2.94. The second kappa shape index (κ2) is 9.13. The molecule has 0 heterocycles. The Morgan fingerprint density at radius 1 is 1.04 bits per heavy atom. The maximum atomic E-state index is 12.7. The smallest absolute Gasteiger partial charge is 0.242 e. The zero-order valence-corrected chi connectivity index (χ0v) is 14.8. The number of nitrogens with zero attached hydrogens (tertiary/aromatic N) is 1. The van der Waals surface area contributed by atoms with Crippen LogP contribution in [0.4, 0.5) is 0 Å². The highest BCUT2D eigenvalue weighted by atomic mass is 32.2. The van der Waals surface area contributed by atoms with E-state index in [0.29, 0.717) is 12.3 Å². The van der Waals surface area contributed by atoms with Crippen LogP contribution in [0.2, 0.25) is 0 Å². The lowest BCUT2D eigenvalue weighted by atomic mass is 10.1. The molecule has 1 N–H and O–H groups in total. The summed E-state index contributed by atoms with van der Waals surface area (Å²) >= 11 is 1.48. The van der Waals surface area contributed by atoms with Crippen LogP contribution >= 0.6 is 11.8 Å². The SMILES string of the molecule is CNC(=O)[C@@H](C)N(Cc1ccccc1)C(=O)CSc1ccccc1. The molecule has 1 atom stereocenters. The van der Waals surface area contributed by atoms with Crippen molar-refractivity contribution in [3.8, 4) is 0 Å². The van der Waals surface area contributed by atoms with Gasteiger partial charge in [0.05, 0.1) is 5.75 Å². The third-order valence-corrected chi connectivity index (χ3v) is 4.71. The molecule has 2 aromatic rings. The Kier molecular flexibility index (Phi) is 6.88. The summed E-state index contributed by atoms with van der Waals surface area (Å²) in [5, 5.41) is 2.62. The van der Waals surface area contributed by atoms with Gasteiger partial charge < -0.3 is 10.2 Å². The van der Waals surface area contributed by atoms with Crippen LogP contribution in [0.5, 0.6) is 0 Å². The first-order chi connectivity index (χ1) is 11.6. The zero-order chi connectivity index (χ0) is 17.4. The minimum Gasteiger partial charge on any atom is -0.357 e. The van der Waals surface area contributed by atoms with Gasteiger partial charge in [-0.3, -0.25) is 9.59 Å². The number of benzene rings is 2. The maximum absolute atomic E-state index is 12.7. The largest absolute Gasteiger partial charge is 0.357 e. The van der Waals surface area contributed by atoms with E-state index in [4.69, 9.17) is 0 Å². The van der Waals surface area contributed by atoms with E-state index in [9.17, 15) is 9.59 Å². The lowest BCUT2D eigenvalue weighted by Gasteiger charge is -2.28. The average Bonchev–Trinajstić information content (AvgIpc) is 2.64. The Morgan fingerprint density at radius 3 is 2.21 bits per heavy atom. The van der Waals surface area contributed by atoms with Crippen LogP contribution in [0.1, 0.15) is 12.5 Å². The number of likely N-dealkylation sites (N-methyl/N-ethyl adjacent to an activating group) is 1. The topological polar surface area (TPSA) is 49.4 Å². The fourth-order valence-electron chi connectivity index (χ4n) is 2.32. The first kappa shape index (κ1) is 18.1. The monoisotopic (exact) mass is 342 g/mol. The van der Waals surface area contributed by atoms with Gasteiger partial charge in [0.15, 0.2) is 0 Å². The molecule has 2 aromatic carbocycles. The zero-order valence-electron chi connectivity index (χ0n) is 13.9. The van der Waals surface area contributed by atoms with Gasteiger partial charge in [0.25, 0.3) is 0 Å². The van der Waals surface area contributed by atoms with Crippen molar-refractivity contribution >= 4 is 23.6 Å². The van der Waals surface area contributed by atoms with Gasteiger partial charge in [0, 0.05) is 18.5 Å². The molecule has 0 unspecified atom stereocenters. The van der Waals surface area contributed by atoms with Crippen LogP contribution in [-0.4, -0.2) is 35.6 Å². The molecule has 0 saturated carbocycles. The summed E-state index contributed by atoms with van der Waals surface area (Å²) in [6.07, 6.45) is 0. The van der Waals surface area contributed by atoms with Crippen molar-refractivity contribution in [1.29, 1.82) is 0 Å². The minimum absolute atomic E-state index is 0.0520. The summed E-state index contributed by atoms with van der Waals surface area (Å²) in [5.74, 6) is 0.0887. The van der Waals surface area contributed by atoms with Crippen LogP contribution in [0, 0.1) is 0 Å². The van der Waals surface area contributed by atoms with E-state index in [1.54, 1.807) is 18.9 Å². The van der Waals surface area contributed by atoms with E-state index < -0.39 is 6.04 Å². The third kappa shape index (κ3) is 5.13. The van der Waals surface area contributed by atoms with E-state index in [-0.39, 0.29) is 11.8 Å². The van der Waals surface area contributed by atoms with Crippen molar-refractivity contribution in [2.75, 3.05) is 12.8 Å². The molecule has 0 aliphatic carbocycles. The molecule has 0 aliphatic rings. The van der Waals surface area contributed by atoms with E-state index in [2.05, 4.69) is 5.32 Å². The summed E-state index contributed by atoms with van der Waals surface area (Å²) in [6.45, 7) is 2.18. The number of nitrogens with one attached hydrogen (secondary N) is 1. The number of carbonyl (C=O) groups is 2. The number of thioether (sulfide) groups is 1. The summed E-state index contributed by atoms with van der Waals surface area (Å²) in [6, 6.07) is 19.0. The Labute approximate surface area is 147 Å². The van der Waals surface area contributed by atoms with E-state index in [1.165, 1.54) is 11.8 Å². The molecule has 4 nitrogen and oxygen atoms in total. The Bertz CT molecular complexity index is 662. The number of amides is 2. The molecule has 0 aliphatic heterocycles. The summed E-state index contributed by atoms with van der Waals surface area (Å²) in [5.41, 5.74) is 1.01. The predicted molar refractivity (Wildman–Crippen MR) is 97.7 cm³/mol. The third-order valence-electron chi connectivity index (χ3n) is 3.71. The van der Waals surface area contributed by atoms with Gasteiger partial charge >= 0.3 is 0 Å². The second-order valence-corrected chi connectivity index (χ2v) is 6.45. The number of rotatable bonds is 7. The van der Waals surface area contributed by atoms with Crippen molar-refractivity contribution in [3.05, 3.63) is 66.2 Å². The van der Waals surface area contributed by atoms with E-state index in [1.807, 2.05) is 60.7 Å². The molecule has 126 valence electrons. The molecule has 5 heteroatoms. The van der Waals surface area contributed by atoms with Crippen LogP contribution in [0.3, 0.4) is 0 Å². The fraction of sp³-hybridized carbons (Fsp3) is 0.263. The van der Waals surface area contributed by atoms with Crippen molar-refractivity contribution in [1.82, 2.24) is 10.2 Å². The first-order valence-electron chi connectivity index (χ1n) is 7.84. The summed E-state index contributed by atoms with van der Waals surface area (Å²) in [7, 11) is 1.59. The Hall–Kier alpha value is -2.27. The lowest BCUT2D eigenvalue weighted by Crippen LogP contribution is -2.47. The molecule has 0 spiro atoms. The molecule has 0 saturated heterocycles. The van der Waals surface area contributed by atoms with Gasteiger partial charge in [-0.2, -0.15) is 0 Å². The molecule has 0 radical (unpaired) electrons. The van der Waals surface area contributed by atoms with Crippen molar-refractivity contribution in [2.24, 2.45) is 0 Å². The molecule has 2 amide bonds. The van der Waals surface area contributed by atoms with E-state index in [0.717, 1.165) is 10.5 Å². The Morgan fingerprint density at radius 2 is 1.62 bits per heavy atom. The van der Waals surface area contributed by atoms with Gasteiger partial charge in [0.2, 0.25) is 11.8 Å². The van der Waals surface area contributed by atoms with Gasteiger partial charge in [-0.05, 0) is 24.6 Å². The number of carbonyl (C=O) groups excluding carboxylic acids is 2. The van der Waals surface area contributed by atoms with Gasteiger partial charge in [-0.15, -0.1) is 11.8 Å². The maximum Gasteiger partial charge on any atom is 0.242 e. The van der Waals surface area contributed by atoms with Gasteiger partial charge in [-0.1, -0.05) is 48.5 Å². The van der Waals surface area contributed by atoms with E-state index >= 15 is 0 Å². The quantitative estimate of drug-likeness (QED) is 0.787. The molecule has 0 fully saturated rings. The molecular weight excluding hydrogens is 320 g/mol. The van der Waals surface area contributed by atoms with Crippen LogP contribution in [-0.2, 0) is 16.1 Å². The molecule has 0 aromatic heterocycles. The van der Waals surface area contributed by atoms with Crippen LogP contribution < -0.4 is 5.32 Å². The molecule has 2 rings (SSSR count). The highest BCUT2D eigenvalue weighted by Gasteiger charge is 2.25. The number of hydrogen-bond acceptors (Lipinski definition) is 3. The second-order valence-electron chi connectivity index (χ2n) is 5.40. The first-order valence-corrected chi connectivity index (χ1v) is 8.83. The fourth-order valence-corrected chi connectivity index (χ4v) is 3.12.